The molecule has 0 aliphatic heterocycles. The average molecular weight is 745 g/mol. The van der Waals surface area contributed by atoms with Gasteiger partial charge in [-0.15, -0.1) is 0 Å². The van der Waals surface area contributed by atoms with Gasteiger partial charge >= 0.3 is 11.9 Å². The molecule has 5 aliphatic carbocycles. The Kier molecular flexibility index (Phi) is 12.9. The van der Waals surface area contributed by atoms with Crippen molar-refractivity contribution in [3.05, 3.63) is 118 Å². The number of rotatable bonds is 16. The van der Waals surface area contributed by atoms with Crippen molar-refractivity contribution >= 4 is 18.0 Å². The molecule has 0 aromatic heterocycles. The highest BCUT2D eigenvalue weighted by Gasteiger charge is 2.52. The minimum atomic E-state index is -0.942. The second-order valence-corrected chi connectivity index (χ2v) is 17.5. The van der Waals surface area contributed by atoms with E-state index in [9.17, 15) is 9.59 Å². The first-order chi connectivity index (χ1) is 26.3. The van der Waals surface area contributed by atoms with Crippen molar-refractivity contribution in [1.82, 2.24) is 0 Å². The molecule has 4 bridgehead atoms. The number of allylic oxidation sites excluding steroid dienone is 8. The summed E-state index contributed by atoms with van der Waals surface area (Å²) in [7, 11) is 0. The van der Waals surface area contributed by atoms with E-state index in [1.54, 1.807) is 13.0 Å². The molecule has 2 aromatic rings. The van der Waals surface area contributed by atoms with Crippen LogP contribution in [0.2, 0.25) is 0 Å². The first-order valence-corrected chi connectivity index (χ1v) is 20.4. The van der Waals surface area contributed by atoms with Gasteiger partial charge in [-0.3, -0.25) is 0 Å². The normalized spacial score (nSPS) is 26.5. The summed E-state index contributed by atoms with van der Waals surface area (Å²) in [5, 5.41) is 18.0. The van der Waals surface area contributed by atoms with Crippen molar-refractivity contribution in [2.45, 2.75) is 110 Å². The summed E-state index contributed by atoms with van der Waals surface area (Å²) in [4.78, 5) is 21.9. The van der Waals surface area contributed by atoms with Crippen molar-refractivity contribution in [2.24, 2.45) is 23.2 Å². The monoisotopic (exact) mass is 744 g/mol. The van der Waals surface area contributed by atoms with Crippen LogP contribution in [0.15, 0.2) is 107 Å². The number of hydrogen-bond donors (Lipinski definition) is 2. The van der Waals surface area contributed by atoms with Crippen LogP contribution in [0.3, 0.4) is 0 Å². The van der Waals surface area contributed by atoms with Gasteiger partial charge in [0.25, 0.3) is 0 Å². The third-order valence-corrected chi connectivity index (χ3v) is 12.6. The van der Waals surface area contributed by atoms with Crippen LogP contribution in [-0.4, -0.2) is 41.5 Å². The van der Waals surface area contributed by atoms with E-state index in [0.29, 0.717) is 18.8 Å². The molecule has 55 heavy (non-hydrogen) atoms. The van der Waals surface area contributed by atoms with Crippen LogP contribution in [0.1, 0.15) is 110 Å². The molecular formula is C49H60O6. The predicted octanol–water partition coefficient (Wildman–Crippen LogP) is 11.7. The number of hydrogen-bond acceptors (Lipinski definition) is 4. The molecule has 0 amide bonds. The van der Waals surface area contributed by atoms with E-state index in [1.165, 1.54) is 73.0 Å². The van der Waals surface area contributed by atoms with Crippen molar-refractivity contribution in [1.29, 1.82) is 0 Å². The lowest BCUT2D eigenvalue weighted by molar-refractivity contribution is -0.132. The van der Waals surface area contributed by atoms with Gasteiger partial charge in [0.15, 0.2) is 0 Å². The van der Waals surface area contributed by atoms with Gasteiger partial charge in [-0.25, -0.2) is 9.59 Å². The van der Waals surface area contributed by atoms with E-state index in [2.05, 4.69) is 70.2 Å². The van der Waals surface area contributed by atoms with Crippen LogP contribution in [-0.2, 0) is 19.7 Å². The lowest BCUT2D eigenvalue weighted by atomic mass is 9.48. The fourth-order valence-corrected chi connectivity index (χ4v) is 10.2. The third kappa shape index (κ3) is 10.3. The van der Waals surface area contributed by atoms with Gasteiger partial charge in [0, 0.05) is 24.3 Å². The number of ether oxygens (including phenoxy) is 2. The van der Waals surface area contributed by atoms with E-state index in [1.807, 2.05) is 30.4 Å². The number of carbonyl (C=O) groups is 2. The van der Waals surface area contributed by atoms with Crippen molar-refractivity contribution in [3.8, 4) is 16.9 Å². The second-order valence-electron chi connectivity index (χ2n) is 17.5. The van der Waals surface area contributed by atoms with Crippen LogP contribution in [0.25, 0.3) is 17.2 Å². The first kappa shape index (κ1) is 40.2. The Hall–Kier alpha value is -4.42. The summed E-state index contributed by atoms with van der Waals surface area (Å²) in [6, 6.07) is 15.0. The summed E-state index contributed by atoms with van der Waals surface area (Å²) in [5.41, 5.74) is 9.30. The predicted molar refractivity (Wildman–Crippen MR) is 222 cm³/mol. The molecule has 4 fully saturated rings. The quantitative estimate of drug-likeness (QED) is 0.101. The fraction of sp³-hybridized carbons (Fsp3) is 0.469. The smallest absolute Gasteiger partial charge is 0.328 e. The zero-order valence-electron chi connectivity index (χ0n) is 33.5. The van der Waals surface area contributed by atoms with E-state index >= 15 is 0 Å². The number of aliphatic carboxylic acids is 2. The minimum absolute atomic E-state index is 0.0674. The topological polar surface area (TPSA) is 93.1 Å². The summed E-state index contributed by atoms with van der Waals surface area (Å²) < 4.78 is 13.2. The van der Waals surface area contributed by atoms with Gasteiger partial charge in [-0.1, -0.05) is 80.1 Å². The Morgan fingerprint density at radius 2 is 1.45 bits per heavy atom. The van der Waals surface area contributed by atoms with E-state index < -0.39 is 11.9 Å². The average Bonchev–Trinajstić information content (AvgIpc) is 3.12. The van der Waals surface area contributed by atoms with Crippen LogP contribution >= 0.6 is 0 Å². The molecule has 0 saturated heterocycles. The van der Waals surface area contributed by atoms with Crippen molar-refractivity contribution < 1.29 is 29.3 Å². The largest absolute Gasteiger partial charge is 0.493 e. The maximum Gasteiger partial charge on any atom is 0.328 e. The number of unbranched alkanes of at least 4 members (excludes halogenated alkanes) is 1. The van der Waals surface area contributed by atoms with Crippen LogP contribution < -0.4 is 4.74 Å². The number of carboxylic acid groups (broad SMARTS) is 2. The molecule has 292 valence electrons. The highest BCUT2D eigenvalue weighted by Crippen LogP contribution is 2.62. The maximum absolute atomic E-state index is 11.0. The van der Waals surface area contributed by atoms with Crippen LogP contribution in [0.4, 0.5) is 0 Å². The molecule has 5 aliphatic rings. The lowest BCUT2D eigenvalue weighted by Gasteiger charge is -2.57. The molecule has 1 unspecified atom stereocenters. The second kappa shape index (κ2) is 17.6. The molecule has 4 saturated carbocycles. The fourth-order valence-electron chi connectivity index (χ4n) is 10.2. The summed E-state index contributed by atoms with van der Waals surface area (Å²) in [6.07, 6.45) is 26.2. The molecule has 2 aromatic carbocycles. The molecule has 1 atom stereocenters. The Labute approximate surface area is 328 Å². The molecule has 2 N–H and O–H groups in total. The van der Waals surface area contributed by atoms with Gasteiger partial charge in [0.05, 0.1) is 12.7 Å². The van der Waals surface area contributed by atoms with Gasteiger partial charge in [-0.2, -0.15) is 0 Å². The summed E-state index contributed by atoms with van der Waals surface area (Å²) in [6.45, 7) is 12.0. The zero-order valence-corrected chi connectivity index (χ0v) is 33.5. The molecule has 0 radical (unpaired) electrons. The molecule has 6 heteroatoms. The van der Waals surface area contributed by atoms with E-state index in [0.717, 1.165) is 65.9 Å². The number of carboxylic acids is 2. The molecule has 6 nitrogen and oxygen atoms in total. The Morgan fingerprint density at radius 3 is 2.11 bits per heavy atom. The maximum atomic E-state index is 11.0. The van der Waals surface area contributed by atoms with Crippen LogP contribution in [0, 0.1) is 23.2 Å². The van der Waals surface area contributed by atoms with Crippen LogP contribution in [0.5, 0.6) is 5.75 Å². The highest BCUT2D eigenvalue weighted by atomic mass is 16.5. The molecule has 0 heterocycles. The molecular weight excluding hydrogens is 685 g/mol. The van der Waals surface area contributed by atoms with Crippen molar-refractivity contribution in [3.63, 3.8) is 0 Å². The first-order valence-electron chi connectivity index (χ1n) is 20.4. The summed E-state index contributed by atoms with van der Waals surface area (Å²) in [5.74, 6) is 1.67. The van der Waals surface area contributed by atoms with Crippen molar-refractivity contribution in [2.75, 3.05) is 13.2 Å². The lowest BCUT2D eigenvalue weighted by Crippen LogP contribution is -2.48. The molecule has 7 rings (SSSR count). The summed E-state index contributed by atoms with van der Waals surface area (Å²) >= 11 is 0. The third-order valence-electron chi connectivity index (χ3n) is 12.6. The number of benzene rings is 2. The van der Waals surface area contributed by atoms with Gasteiger partial charge in [0.2, 0.25) is 0 Å². The highest BCUT2D eigenvalue weighted by molar-refractivity contribution is 5.85. The molecule has 0 spiro atoms. The SMILES string of the molecule is CC1=C(/C=C/C(C)=C/C=C/C(C)=C/C(=O)O)C(C)(C)CCC1OCCCCOc1ccc(-c2ccc(/C=C/C(=O)O)cc2)cc1C12CC3CC(CC(C3)C1)C2. The van der Waals surface area contributed by atoms with Gasteiger partial charge in [0.1, 0.15) is 5.75 Å². The zero-order chi connectivity index (χ0) is 39.2. The Bertz CT molecular complexity index is 1860. The standard InChI is InChI=1S/C49H60O6/c1-33(9-8-10-34(2)25-47(52)53)11-18-42-35(3)44(21-22-48(42,4)5)54-23-6-7-24-55-45-19-17-41(40-15-12-36(13-16-40)14-20-46(50)51)29-43(45)49-30-37-26-38(31-49)28-39(27-37)32-49/h8-20,25,29,37-39,44H,6-7,21-24,26-28,30-32H2,1-5H3,(H,50,51)(H,52,53)/b10-8+,18-11+,20-14+,33-9+,34-25+. The Morgan fingerprint density at radius 1 is 0.800 bits per heavy atom. The van der Waals surface area contributed by atoms with E-state index in [-0.39, 0.29) is 16.9 Å². The van der Waals surface area contributed by atoms with Gasteiger partial charge < -0.3 is 19.7 Å². The minimum Gasteiger partial charge on any atom is -0.493 e. The van der Waals surface area contributed by atoms with E-state index in [4.69, 9.17) is 19.7 Å². The van der Waals surface area contributed by atoms with Gasteiger partial charge in [-0.05, 0) is 165 Å². The Balaban J connectivity index is 1.08.